The van der Waals surface area contributed by atoms with Gasteiger partial charge >= 0.3 is 5.97 Å². The van der Waals surface area contributed by atoms with Gasteiger partial charge in [-0.15, -0.1) is 0 Å². The molecule has 3 N–H and O–H groups in total. The van der Waals surface area contributed by atoms with E-state index >= 15 is 0 Å². The lowest BCUT2D eigenvalue weighted by molar-refractivity contribution is -0.142. The Morgan fingerprint density at radius 3 is 2.36 bits per heavy atom. The third kappa shape index (κ3) is 7.54. The Bertz CT molecular complexity index is 1480. The van der Waals surface area contributed by atoms with E-state index in [1.165, 1.54) is 0 Å². The molecule has 3 aromatic rings. The molecule has 1 aliphatic rings. The molecule has 1 aliphatic heterocycles. The average molecular weight is 619 g/mol. The van der Waals surface area contributed by atoms with Crippen LogP contribution in [0.1, 0.15) is 57.4 Å². The van der Waals surface area contributed by atoms with Crippen molar-refractivity contribution in [3.63, 3.8) is 0 Å². The first-order valence-electron chi connectivity index (χ1n) is 14.5. The second-order valence-corrected chi connectivity index (χ2v) is 10.7. The second kappa shape index (κ2) is 14.6. The topological polar surface area (TPSA) is 114 Å². The summed E-state index contributed by atoms with van der Waals surface area (Å²) in [6, 6.07) is 10.9. The zero-order valence-electron chi connectivity index (χ0n) is 24.1. The number of carbonyl (C=O) groups excluding carboxylic acids is 2. The molecule has 0 aliphatic carbocycles. The fourth-order valence-electron chi connectivity index (χ4n) is 5.35. The van der Waals surface area contributed by atoms with Crippen LogP contribution in [-0.2, 0) is 24.8 Å². The summed E-state index contributed by atoms with van der Waals surface area (Å²) in [5, 5.41) is 17.2. The highest BCUT2D eigenvalue weighted by molar-refractivity contribution is 5.94. The molecule has 1 unspecified atom stereocenters. The number of ether oxygens (including phenoxy) is 2. The van der Waals surface area contributed by atoms with Gasteiger partial charge in [0.2, 0.25) is 17.5 Å². The predicted molar refractivity (Wildman–Crippen MR) is 153 cm³/mol. The largest absolute Gasteiger partial charge is 0.481 e. The zero-order valence-corrected chi connectivity index (χ0v) is 24.1. The quantitative estimate of drug-likeness (QED) is 0.161. The average Bonchev–Trinajstić information content (AvgIpc) is 3.01. The molecular weight excluding hydrogens is 584 g/mol. The standard InChI is InChI=1S/C32H34F4N2O6/c1-2-3-13-24(38-32(14-6-7-15-44-32)21-12-8-10-19-9-4-5-11-20(19)21)31(42)37-25(17-27(40)41)26(39)18-43-30-28(35)22(33)16-23(34)29(30)36/h4-5,8-12,16,24-25,38H,2-3,6-7,13-15,17-18H2,1H3,(H,37,42)(H,40,41)/t24-,25-,32?/m0/s1. The maximum Gasteiger partial charge on any atom is 0.305 e. The first kappa shape index (κ1) is 32.9. The van der Waals surface area contributed by atoms with Crippen molar-refractivity contribution < 1.29 is 46.5 Å². The summed E-state index contributed by atoms with van der Waals surface area (Å²) in [6.07, 6.45) is 2.98. The smallest absolute Gasteiger partial charge is 0.305 e. The van der Waals surface area contributed by atoms with Gasteiger partial charge in [-0.1, -0.05) is 62.2 Å². The summed E-state index contributed by atoms with van der Waals surface area (Å²) in [5.74, 6) is -11.9. The van der Waals surface area contributed by atoms with Gasteiger partial charge in [-0.05, 0) is 36.5 Å². The lowest BCUT2D eigenvalue weighted by atomic mass is 9.89. The summed E-state index contributed by atoms with van der Waals surface area (Å²) < 4.78 is 66.3. The van der Waals surface area contributed by atoms with Crippen LogP contribution in [0.2, 0.25) is 0 Å². The SMILES string of the molecule is CCCC[C@H](NC1(c2cccc3ccccc23)CCCCO1)C(=O)N[C@@H](CC(=O)O)C(=O)COc1c(F)c(F)cc(F)c1F. The van der Waals surface area contributed by atoms with Crippen LogP contribution in [0, 0.1) is 23.3 Å². The van der Waals surface area contributed by atoms with Gasteiger partial charge in [-0.25, -0.2) is 8.78 Å². The Hall–Kier alpha value is -4.03. The minimum Gasteiger partial charge on any atom is -0.481 e. The van der Waals surface area contributed by atoms with Crippen LogP contribution in [0.3, 0.4) is 0 Å². The molecule has 4 rings (SSSR count). The van der Waals surface area contributed by atoms with E-state index in [1.54, 1.807) is 0 Å². The Morgan fingerprint density at radius 1 is 1.00 bits per heavy atom. The van der Waals surface area contributed by atoms with Crippen molar-refractivity contribution >= 4 is 28.4 Å². The number of nitrogens with one attached hydrogen (secondary N) is 2. The predicted octanol–water partition coefficient (Wildman–Crippen LogP) is 5.51. The first-order chi connectivity index (χ1) is 21.1. The summed E-state index contributed by atoms with van der Waals surface area (Å²) in [7, 11) is 0. The molecule has 44 heavy (non-hydrogen) atoms. The first-order valence-corrected chi connectivity index (χ1v) is 14.5. The number of benzene rings is 3. The fourth-order valence-corrected chi connectivity index (χ4v) is 5.35. The Balaban J connectivity index is 1.58. The minimum absolute atomic E-state index is 0.0166. The number of hydrogen-bond acceptors (Lipinski definition) is 6. The van der Waals surface area contributed by atoms with Crippen LogP contribution in [0.4, 0.5) is 17.6 Å². The van der Waals surface area contributed by atoms with Gasteiger partial charge in [0.25, 0.3) is 0 Å². The van der Waals surface area contributed by atoms with Crippen molar-refractivity contribution in [3.05, 3.63) is 77.4 Å². The van der Waals surface area contributed by atoms with Crippen molar-refractivity contribution in [2.75, 3.05) is 13.2 Å². The molecule has 236 valence electrons. The van der Waals surface area contributed by atoms with Gasteiger partial charge in [-0.2, -0.15) is 8.78 Å². The number of amides is 1. The number of unbranched alkanes of at least 4 members (excludes halogenated alkanes) is 1. The van der Waals surface area contributed by atoms with Gasteiger partial charge in [-0.3, -0.25) is 19.7 Å². The second-order valence-electron chi connectivity index (χ2n) is 10.7. The maximum atomic E-state index is 14.0. The van der Waals surface area contributed by atoms with Crippen molar-refractivity contribution in [2.24, 2.45) is 0 Å². The molecule has 8 nitrogen and oxygen atoms in total. The van der Waals surface area contributed by atoms with Crippen molar-refractivity contribution in [3.8, 4) is 5.75 Å². The number of ketones is 1. The number of fused-ring (bicyclic) bond motifs is 1. The van der Waals surface area contributed by atoms with E-state index < -0.39 is 77.5 Å². The van der Waals surface area contributed by atoms with E-state index in [4.69, 9.17) is 9.47 Å². The normalized spacial score (nSPS) is 18.0. The highest BCUT2D eigenvalue weighted by Crippen LogP contribution is 2.37. The Morgan fingerprint density at radius 2 is 1.70 bits per heavy atom. The molecule has 3 aromatic carbocycles. The third-order valence-electron chi connectivity index (χ3n) is 7.58. The highest BCUT2D eigenvalue weighted by Gasteiger charge is 2.40. The number of carbonyl (C=O) groups is 3. The Kier molecular flexibility index (Phi) is 10.9. The zero-order chi connectivity index (χ0) is 31.9. The third-order valence-corrected chi connectivity index (χ3v) is 7.58. The fraction of sp³-hybridized carbons (Fsp3) is 0.406. The number of carboxylic acids is 1. The van der Waals surface area contributed by atoms with Crippen LogP contribution in [-0.4, -0.2) is 48.1 Å². The van der Waals surface area contributed by atoms with Crippen LogP contribution < -0.4 is 15.4 Å². The minimum atomic E-state index is -1.86. The molecule has 0 aromatic heterocycles. The monoisotopic (exact) mass is 618 g/mol. The van der Waals surface area contributed by atoms with E-state index in [2.05, 4.69) is 10.6 Å². The molecule has 0 saturated carbocycles. The molecule has 1 saturated heterocycles. The van der Waals surface area contributed by atoms with Gasteiger partial charge in [0.1, 0.15) is 18.4 Å². The van der Waals surface area contributed by atoms with E-state index in [0.717, 1.165) is 35.6 Å². The van der Waals surface area contributed by atoms with Crippen LogP contribution in [0.5, 0.6) is 5.75 Å². The molecule has 1 amide bonds. The molecular formula is C32H34F4N2O6. The van der Waals surface area contributed by atoms with Crippen LogP contribution in [0.15, 0.2) is 48.5 Å². The molecule has 12 heteroatoms. The van der Waals surface area contributed by atoms with Crippen LogP contribution in [0.25, 0.3) is 10.8 Å². The Labute approximate surface area is 251 Å². The van der Waals surface area contributed by atoms with Gasteiger partial charge < -0.3 is 19.9 Å². The number of rotatable bonds is 14. The van der Waals surface area contributed by atoms with Crippen LogP contribution >= 0.6 is 0 Å². The molecule has 3 atom stereocenters. The maximum absolute atomic E-state index is 14.0. The van der Waals surface area contributed by atoms with Gasteiger partial charge in [0, 0.05) is 18.2 Å². The number of carboxylic acid groups (broad SMARTS) is 1. The molecule has 1 heterocycles. The number of halogens is 4. The molecule has 0 radical (unpaired) electrons. The van der Waals surface area contributed by atoms with E-state index in [0.29, 0.717) is 25.9 Å². The van der Waals surface area contributed by atoms with E-state index in [1.807, 2.05) is 49.4 Å². The van der Waals surface area contributed by atoms with Crippen molar-refractivity contribution in [1.82, 2.24) is 10.6 Å². The highest BCUT2D eigenvalue weighted by atomic mass is 19.2. The molecule has 0 bridgehead atoms. The number of Topliss-reactive ketones (excluding diaryl/α,β-unsaturated/α-hetero) is 1. The van der Waals surface area contributed by atoms with Gasteiger partial charge in [0.05, 0.1) is 12.5 Å². The molecule has 1 fully saturated rings. The van der Waals surface area contributed by atoms with E-state index in [-0.39, 0.29) is 6.07 Å². The van der Waals surface area contributed by atoms with Crippen molar-refractivity contribution in [2.45, 2.75) is 69.7 Å². The number of hydrogen-bond donors (Lipinski definition) is 3. The summed E-state index contributed by atoms with van der Waals surface area (Å²) >= 11 is 0. The summed E-state index contributed by atoms with van der Waals surface area (Å²) in [5.41, 5.74) is -0.219. The van der Waals surface area contributed by atoms with Gasteiger partial charge in [0.15, 0.2) is 23.2 Å². The summed E-state index contributed by atoms with van der Waals surface area (Å²) in [6.45, 7) is 1.21. The molecule has 0 spiro atoms. The van der Waals surface area contributed by atoms with E-state index in [9.17, 15) is 37.1 Å². The lowest BCUT2D eigenvalue weighted by Gasteiger charge is -2.41. The van der Waals surface area contributed by atoms with Crippen molar-refractivity contribution in [1.29, 1.82) is 0 Å². The summed E-state index contributed by atoms with van der Waals surface area (Å²) in [4.78, 5) is 38.2. The lowest BCUT2D eigenvalue weighted by Crippen LogP contribution is -2.58. The number of aliphatic carboxylic acids is 1.